The maximum atomic E-state index is 5.91. The van der Waals surface area contributed by atoms with Crippen LogP contribution in [0.3, 0.4) is 0 Å². The lowest BCUT2D eigenvalue weighted by molar-refractivity contribution is 0.171. The van der Waals surface area contributed by atoms with Crippen LogP contribution in [0.25, 0.3) is 0 Å². The fraction of sp³-hybridized carbons (Fsp3) is 0.538. The third kappa shape index (κ3) is 3.56. The Labute approximate surface area is 121 Å². The number of hydrogen-bond acceptors (Lipinski definition) is 4. The molecule has 0 saturated heterocycles. The molecule has 0 spiro atoms. The Bertz CT molecular complexity index is 414. The topological polar surface area (TPSA) is 44.5 Å². The Morgan fingerprint density at radius 3 is 2.67 bits per heavy atom. The Morgan fingerprint density at radius 2 is 2.00 bits per heavy atom. The molecule has 1 unspecified atom stereocenters. The monoisotopic (exact) mass is 331 g/mol. The van der Waals surface area contributed by atoms with E-state index in [4.69, 9.17) is 15.2 Å². The zero-order valence-electron chi connectivity index (χ0n) is 10.4. The van der Waals surface area contributed by atoms with Gasteiger partial charge in [-0.05, 0) is 24.1 Å². The molecule has 0 saturated carbocycles. The van der Waals surface area contributed by atoms with Gasteiger partial charge in [0, 0.05) is 22.0 Å². The van der Waals surface area contributed by atoms with Gasteiger partial charge in [-0.15, -0.1) is 0 Å². The molecule has 1 aliphatic rings. The molecule has 100 valence electrons. The van der Waals surface area contributed by atoms with Crippen molar-refractivity contribution < 1.29 is 9.47 Å². The first-order chi connectivity index (χ1) is 8.70. The van der Waals surface area contributed by atoms with Crippen LogP contribution >= 0.6 is 27.7 Å². The van der Waals surface area contributed by atoms with Crippen molar-refractivity contribution in [2.75, 3.05) is 19.0 Å². The van der Waals surface area contributed by atoms with Crippen molar-refractivity contribution in [3.05, 3.63) is 22.2 Å². The predicted molar refractivity (Wildman–Crippen MR) is 79.6 cm³/mol. The van der Waals surface area contributed by atoms with Gasteiger partial charge in [0.25, 0.3) is 0 Å². The summed E-state index contributed by atoms with van der Waals surface area (Å²) >= 11 is 5.43. The van der Waals surface area contributed by atoms with Gasteiger partial charge < -0.3 is 15.2 Å². The molecular formula is C13H18BrNO2S. The van der Waals surface area contributed by atoms with Gasteiger partial charge in [-0.1, -0.05) is 22.9 Å². The van der Waals surface area contributed by atoms with E-state index in [0.29, 0.717) is 13.2 Å². The van der Waals surface area contributed by atoms with E-state index in [1.54, 1.807) is 0 Å². The average molecular weight is 332 g/mol. The van der Waals surface area contributed by atoms with Gasteiger partial charge in [0.2, 0.25) is 0 Å². The minimum atomic E-state index is 0.283. The highest BCUT2D eigenvalue weighted by Gasteiger charge is 2.14. The molecule has 2 rings (SSSR count). The Kier molecular flexibility index (Phi) is 5.21. The minimum Gasteiger partial charge on any atom is -0.486 e. The van der Waals surface area contributed by atoms with Crippen LogP contribution in [0, 0.1) is 0 Å². The highest BCUT2D eigenvalue weighted by Crippen LogP contribution is 2.36. The van der Waals surface area contributed by atoms with Crippen LogP contribution in [0.4, 0.5) is 0 Å². The van der Waals surface area contributed by atoms with E-state index in [2.05, 4.69) is 28.9 Å². The second-order valence-corrected chi connectivity index (χ2v) is 6.16. The van der Waals surface area contributed by atoms with E-state index in [0.717, 1.165) is 33.9 Å². The molecule has 3 nitrogen and oxygen atoms in total. The summed E-state index contributed by atoms with van der Waals surface area (Å²) in [6.07, 6.45) is 1.02. The van der Waals surface area contributed by atoms with Crippen LogP contribution in [-0.4, -0.2) is 25.0 Å². The fourth-order valence-corrected chi connectivity index (χ4v) is 3.42. The number of benzene rings is 1. The third-order valence-corrected chi connectivity index (χ3v) is 4.74. The lowest BCUT2D eigenvalue weighted by Gasteiger charge is -2.20. The average Bonchev–Trinajstić information content (AvgIpc) is 2.39. The Hall–Kier alpha value is -0.390. The standard InChI is InChI=1S/C13H18BrNO2S/c1-2-10(15)8-18-7-9-5-12-13(6-11(9)14)17-4-3-16-12/h5-6,10H,2-4,7-8,15H2,1H3. The van der Waals surface area contributed by atoms with Crippen molar-refractivity contribution in [3.8, 4) is 11.5 Å². The number of halogens is 1. The van der Waals surface area contributed by atoms with Crippen LogP contribution < -0.4 is 15.2 Å². The summed E-state index contributed by atoms with van der Waals surface area (Å²) in [5, 5.41) is 0. The molecule has 1 atom stereocenters. The Balaban J connectivity index is 2.00. The first-order valence-electron chi connectivity index (χ1n) is 6.12. The molecule has 0 fully saturated rings. The van der Waals surface area contributed by atoms with Gasteiger partial charge in [-0.3, -0.25) is 0 Å². The normalized spacial score (nSPS) is 15.5. The summed E-state index contributed by atoms with van der Waals surface area (Å²) in [6, 6.07) is 4.33. The van der Waals surface area contributed by atoms with E-state index in [1.807, 2.05) is 17.8 Å². The van der Waals surface area contributed by atoms with Gasteiger partial charge in [0.05, 0.1) is 0 Å². The zero-order chi connectivity index (χ0) is 13.0. The van der Waals surface area contributed by atoms with Crippen molar-refractivity contribution in [1.82, 2.24) is 0 Å². The molecule has 1 heterocycles. The van der Waals surface area contributed by atoms with Gasteiger partial charge in [-0.2, -0.15) is 11.8 Å². The molecule has 1 aromatic carbocycles. The lowest BCUT2D eigenvalue weighted by atomic mass is 10.2. The summed E-state index contributed by atoms with van der Waals surface area (Å²) in [5.74, 6) is 3.59. The number of rotatable bonds is 5. The van der Waals surface area contributed by atoms with Crippen LogP contribution in [0.2, 0.25) is 0 Å². The lowest BCUT2D eigenvalue weighted by Crippen LogP contribution is -2.21. The van der Waals surface area contributed by atoms with Crippen molar-refractivity contribution >= 4 is 27.7 Å². The third-order valence-electron chi connectivity index (χ3n) is 2.83. The molecule has 0 aromatic heterocycles. The highest BCUT2D eigenvalue weighted by atomic mass is 79.9. The minimum absolute atomic E-state index is 0.283. The van der Waals surface area contributed by atoms with Crippen LogP contribution in [0.5, 0.6) is 11.5 Å². The van der Waals surface area contributed by atoms with Crippen LogP contribution in [-0.2, 0) is 5.75 Å². The molecule has 0 radical (unpaired) electrons. The van der Waals surface area contributed by atoms with E-state index in [9.17, 15) is 0 Å². The molecular weight excluding hydrogens is 314 g/mol. The summed E-state index contributed by atoms with van der Waals surface area (Å²) in [5.41, 5.74) is 7.14. The first-order valence-corrected chi connectivity index (χ1v) is 8.06. The first kappa shape index (κ1) is 14.0. The fourth-order valence-electron chi connectivity index (χ4n) is 1.65. The zero-order valence-corrected chi connectivity index (χ0v) is 12.9. The van der Waals surface area contributed by atoms with Crippen molar-refractivity contribution in [1.29, 1.82) is 0 Å². The number of ether oxygens (including phenoxy) is 2. The largest absolute Gasteiger partial charge is 0.486 e. The van der Waals surface area contributed by atoms with Crippen molar-refractivity contribution in [3.63, 3.8) is 0 Å². The van der Waals surface area contributed by atoms with Gasteiger partial charge in [0.15, 0.2) is 11.5 Å². The molecule has 1 aliphatic heterocycles. The number of hydrogen-bond donors (Lipinski definition) is 1. The number of thioether (sulfide) groups is 1. The van der Waals surface area contributed by atoms with Gasteiger partial charge in [0.1, 0.15) is 13.2 Å². The second kappa shape index (κ2) is 6.68. The molecule has 0 bridgehead atoms. The Morgan fingerprint density at radius 1 is 1.33 bits per heavy atom. The summed E-state index contributed by atoms with van der Waals surface area (Å²) in [4.78, 5) is 0. The smallest absolute Gasteiger partial charge is 0.162 e. The molecule has 18 heavy (non-hydrogen) atoms. The molecule has 0 aliphatic carbocycles. The van der Waals surface area contributed by atoms with E-state index >= 15 is 0 Å². The molecule has 5 heteroatoms. The van der Waals surface area contributed by atoms with E-state index in [-0.39, 0.29) is 6.04 Å². The van der Waals surface area contributed by atoms with Crippen LogP contribution in [0.15, 0.2) is 16.6 Å². The predicted octanol–water partition coefficient (Wildman–Crippen LogP) is 3.19. The highest BCUT2D eigenvalue weighted by molar-refractivity contribution is 9.10. The molecule has 2 N–H and O–H groups in total. The van der Waals surface area contributed by atoms with Crippen molar-refractivity contribution in [2.24, 2.45) is 5.73 Å². The quantitative estimate of drug-likeness (QED) is 0.899. The summed E-state index contributed by atoms with van der Waals surface area (Å²) in [7, 11) is 0. The summed E-state index contributed by atoms with van der Waals surface area (Å²) in [6.45, 7) is 3.37. The summed E-state index contributed by atoms with van der Waals surface area (Å²) < 4.78 is 12.2. The van der Waals surface area contributed by atoms with Crippen LogP contribution in [0.1, 0.15) is 18.9 Å². The van der Waals surface area contributed by atoms with Gasteiger partial charge >= 0.3 is 0 Å². The second-order valence-electron chi connectivity index (χ2n) is 4.27. The molecule has 1 aromatic rings. The maximum absolute atomic E-state index is 5.91. The SMILES string of the molecule is CCC(N)CSCc1cc2c(cc1Br)OCCO2. The van der Waals surface area contributed by atoms with E-state index < -0.39 is 0 Å². The maximum Gasteiger partial charge on any atom is 0.162 e. The van der Waals surface area contributed by atoms with Crippen molar-refractivity contribution in [2.45, 2.75) is 25.1 Å². The number of fused-ring (bicyclic) bond motifs is 1. The van der Waals surface area contributed by atoms with Gasteiger partial charge in [-0.25, -0.2) is 0 Å². The molecule has 0 amide bonds. The number of nitrogens with two attached hydrogens (primary N) is 1. The van der Waals surface area contributed by atoms with E-state index in [1.165, 1.54) is 5.56 Å².